The van der Waals surface area contributed by atoms with Gasteiger partial charge in [-0.05, 0) is 55.6 Å². The van der Waals surface area contributed by atoms with E-state index in [1.807, 2.05) is 30.3 Å². The third kappa shape index (κ3) is 4.57. The number of ether oxygens (including phenoxy) is 1. The number of hydrogen-bond donors (Lipinski definition) is 1. The molecule has 3 heteroatoms. The Bertz CT molecular complexity index is 571. The van der Waals surface area contributed by atoms with Crippen LogP contribution in [-0.2, 0) is 6.42 Å². The quantitative estimate of drug-likeness (QED) is 0.774. The number of benzene rings is 2. The summed E-state index contributed by atoms with van der Waals surface area (Å²) in [5, 5.41) is 3.46. The summed E-state index contributed by atoms with van der Waals surface area (Å²) in [4.78, 5) is 0. The van der Waals surface area contributed by atoms with Crippen molar-refractivity contribution >= 4 is 0 Å². The van der Waals surface area contributed by atoms with Crippen LogP contribution < -0.4 is 10.1 Å². The zero-order chi connectivity index (χ0) is 15.1. The number of halogens is 1. The number of aryl methyl sites for hydroxylation is 1. The van der Waals surface area contributed by atoms with Crippen LogP contribution in [0.5, 0.6) is 5.75 Å². The van der Waals surface area contributed by atoms with Crippen LogP contribution in [0, 0.1) is 5.82 Å². The molecule has 2 rings (SSSR count). The smallest absolute Gasteiger partial charge is 0.126 e. The minimum atomic E-state index is -0.113. The van der Waals surface area contributed by atoms with Crippen LogP contribution in [0.4, 0.5) is 4.39 Å². The monoisotopic (exact) mass is 287 g/mol. The third-order valence-corrected chi connectivity index (χ3v) is 3.63. The van der Waals surface area contributed by atoms with Crippen LogP contribution in [0.15, 0.2) is 48.5 Å². The Morgan fingerprint density at radius 3 is 2.71 bits per heavy atom. The lowest BCUT2D eigenvalue weighted by Gasteiger charge is -2.15. The lowest BCUT2D eigenvalue weighted by atomic mass is 10.1. The third-order valence-electron chi connectivity index (χ3n) is 3.63. The fraction of sp³-hybridized carbons (Fsp3) is 0.333. The average Bonchev–Trinajstić information content (AvgIpc) is 2.53. The molecular weight excluding hydrogens is 265 g/mol. The van der Waals surface area contributed by atoms with Crippen molar-refractivity contribution in [2.75, 3.05) is 13.7 Å². The summed E-state index contributed by atoms with van der Waals surface area (Å²) >= 11 is 0. The average molecular weight is 287 g/mol. The first-order valence-electron chi connectivity index (χ1n) is 7.31. The van der Waals surface area contributed by atoms with Crippen LogP contribution in [0.3, 0.4) is 0 Å². The van der Waals surface area contributed by atoms with Crippen molar-refractivity contribution in [3.8, 4) is 5.75 Å². The van der Waals surface area contributed by atoms with Gasteiger partial charge in [-0.1, -0.05) is 30.3 Å². The molecule has 2 nitrogen and oxygen atoms in total. The number of nitrogens with one attached hydrogen (secondary N) is 1. The van der Waals surface area contributed by atoms with E-state index in [9.17, 15) is 4.39 Å². The molecule has 0 aliphatic carbocycles. The van der Waals surface area contributed by atoms with Crippen molar-refractivity contribution in [1.82, 2.24) is 5.32 Å². The van der Waals surface area contributed by atoms with Crippen LogP contribution in [0.2, 0.25) is 0 Å². The molecule has 0 radical (unpaired) electrons. The maximum atomic E-state index is 13.5. The minimum Gasteiger partial charge on any atom is -0.497 e. The highest BCUT2D eigenvalue weighted by Crippen LogP contribution is 2.18. The Balaban J connectivity index is 1.79. The molecule has 0 aliphatic heterocycles. The molecule has 2 aromatic carbocycles. The van der Waals surface area contributed by atoms with Crippen molar-refractivity contribution in [2.24, 2.45) is 0 Å². The highest BCUT2D eigenvalue weighted by molar-refractivity contribution is 5.30. The highest BCUT2D eigenvalue weighted by atomic mass is 19.1. The Morgan fingerprint density at radius 1 is 1.14 bits per heavy atom. The predicted molar refractivity (Wildman–Crippen MR) is 84.1 cm³/mol. The number of hydrogen-bond acceptors (Lipinski definition) is 2. The first-order chi connectivity index (χ1) is 10.2. The van der Waals surface area contributed by atoms with E-state index in [0.717, 1.165) is 30.7 Å². The van der Waals surface area contributed by atoms with Gasteiger partial charge in [-0.25, -0.2) is 4.39 Å². The van der Waals surface area contributed by atoms with Crippen molar-refractivity contribution in [2.45, 2.75) is 25.8 Å². The van der Waals surface area contributed by atoms with Gasteiger partial charge in [0.05, 0.1) is 7.11 Å². The van der Waals surface area contributed by atoms with Gasteiger partial charge in [0, 0.05) is 6.04 Å². The maximum Gasteiger partial charge on any atom is 0.126 e. The first-order valence-corrected chi connectivity index (χ1v) is 7.31. The van der Waals surface area contributed by atoms with Crippen LogP contribution >= 0.6 is 0 Å². The summed E-state index contributed by atoms with van der Waals surface area (Å²) < 4.78 is 18.7. The van der Waals surface area contributed by atoms with Gasteiger partial charge in [-0.15, -0.1) is 0 Å². The number of methoxy groups -OCH3 is 1. The second-order valence-corrected chi connectivity index (χ2v) is 5.15. The fourth-order valence-corrected chi connectivity index (χ4v) is 2.33. The van der Waals surface area contributed by atoms with Crippen molar-refractivity contribution in [1.29, 1.82) is 0 Å². The van der Waals surface area contributed by atoms with E-state index in [1.165, 1.54) is 11.6 Å². The summed E-state index contributed by atoms with van der Waals surface area (Å²) in [6, 6.07) is 15.3. The Morgan fingerprint density at radius 2 is 1.95 bits per heavy atom. The maximum absolute atomic E-state index is 13.5. The van der Waals surface area contributed by atoms with E-state index in [0.29, 0.717) is 0 Å². The van der Waals surface area contributed by atoms with Gasteiger partial charge in [0.2, 0.25) is 0 Å². The normalized spacial score (nSPS) is 12.1. The van der Waals surface area contributed by atoms with Gasteiger partial charge in [0.1, 0.15) is 11.6 Å². The molecule has 0 amide bonds. The predicted octanol–water partition coefficient (Wildman–Crippen LogP) is 4.12. The van der Waals surface area contributed by atoms with Gasteiger partial charge >= 0.3 is 0 Å². The summed E-state index contributed by atoms with van der Waals surface area (Å²) in [5.74, 6) is 0.755. The molecule has 0 spiro atoms. The second kappa shape index (κ2) is 7.79. The molecule has 2 aromatic rings. The molecule has 1 N–H and O–H groups in total. The van der Waals surface area contributed by atoms with E-state index >= 15 is 0 Å². The van der Waals surface area contributed by atoms with Crippen LogP contribution in [-0.4, -0.2) is 13.7 Å². The number of rotatable bonds is 7. The molecule has 0 aromatic heterocycles. The lowest BCUT2D eigenvalue weighted by Crippen LogP contribution is -2.20. The molecule has 112 valence electrons. The largest absolute Gasteiger partial charge is 0.497 e. The molecule has 0 heterocycles. The zero-order valence-corrected chi connectivity index (χ0v) is 12.6. The Hall–Kier alpha value is -1.87. The Labute approximate surface area is 126 Å². The van der Waals surface area contributed by atoms with Crippen molar-refractivity contribution in [3.05, 3.63) is 65.5 Å². The standard InChI is InChI=1S/C18H22FNO/c1-14(16-8-5-10-17(13-16)21-2)20-12-6-9-15-7-3-4-11-18(15)19/h3-5,7-8,10-11,13-14,20H,6,9,12H2,1-2H3/t14-/m1/s1. The molecule has 0 bridgehead atoms. The van der Waals surface area contributed by atoms with E-state index in [4.69, 9.17) is 4.74 Å². The summed E-state index contributed by atoms with van der Waals surface area (Å²) in [7, 11) is 1.67. The molecular formula is C18H22FNO. The second-order valence-electron chi connectivity index (χ2n) is 5.15. The minimum absolute atomic E-state index is 0.113. The van der Waals surface area contributed by atoms with Gasteiger partial charge in [0.25, 0.3) is 0 Å². The Kier molecular flexibility index (Phi) is 5.76. The molecule has 0 fully saturated rings. The first kappa shape index (κ1) is 15.5. The van der Waals surface area contributed by atoms with Gasteiger partial charge in [0.15, 0.2) is 0 Å². The zero-order valence-electron chi connectivity index (χ0n) is 12.6. The van der Waals surface area contributed by atoms with E-state index in [2.05, 4.69) is 18.3 Å². The van der Waals surface area contributed by atoms with E-state index in [-0.39, 0.29) is 11.9 Å². The molecule has 1 atom stereocenters. The van der Waals surface area contributed by atoms with Gasteiger partial charge in [-0.3, -0.25) is 0 Å². The van der Waals surface area contributed by atoms with Crippen molar-refractivity contribution < 1.29 is 9.13 Å². The summed E-state index contributed by atoms with van der Waals surface area (Å²) in [6.07, 6.45) is 1.67. The molecule has 0 saturated heterocycles. The van der Waals surface area contributed by atoms with Crippen LogP contribution in [0.25, 0.3) is 0 Å². The van der Waals surface area contributed by atoms with Gasteiger partial charge in [-0.2, -0.15) is 0 Å². The lowest BCUT2D eigenvalue weighted by molar-refractivity contribution is 0.413. The van der Waals surface area contributed by atoms with E-state index in [1.54, 1.807) is 13.2 Å². The molecule has 0 unspecified atom stereocenters. The van der Waals surface area contributed by atoms with E-state index < -0.39 is 0 Å². The topological polar surface area (TPSA) is 21.3 Å². The van der Waals surface area contributed by atoms with Crippen molar-refractivity contribution in [3.63, 3.8) is 0 Å². The molecule has 0 saturated carbocycles. The SMILES string of the molecule is COc1cccc([C@@H](C)NCCCc2ccccc2F)c1. The summed E-state index contributed by atoms with van der Waals surface area (Å²) in [6.45, 7) is 2.98. The molecule has 21 heavy (non-hydrogen) atoms. The van der Waals surface area contributed by atoms with Gasteiger partial charge < -0.3 is 10.1 Å². The molecule has 0 aliphatic rings. The highest BCUT2D eigenvalue weighted by Gasteiger charge is 2.06. The fourth-order valence-electron chi connectivity index (χ4n) is 2.33. The summed E-state index contributed by atoms with van der Waals surface area (Å²) in [5.41, 5.74) is 1.98. The van der Waals surface area contributed by atoms with Crippen LogP contribution in [0.1, 0.15) is 30.5 Å².